The summed E-state index contributed by atoms with van der Waals surface area (Å²) < 4.78 is 8.63. The van der Waals surface area contributed by atoms with Crippen LogP contribution in [-0.2, 0) is 17.7 Å². The average Bonchev–Trinajstić information content (AvgIpc) is 3.31. The quantitative estimate of drug-likeness (QED) is 0.236. The SMILES string of the molecule is CCOC(=O)c1cccc(Cc2cn(CCCCC#N)c3nc(-c4ccc(Cl)cc4)cn3c2=O)c1. The van der Waals surface area contributed by atoms with Crippen molar-refractivity contribution in [2.75, 3.05) is 6.61 Å². The molecule has 0 amide bonds. The Kier molecular flexibility index (Phi) is 7.64. The second kappa shape index (κ2) is 11.0. The molecule has 2 aromatic carbocycles. The third kappa shape index (κ3) is 5.61. The highest BCUT2D eigenvalue weighted by molar-refractivity contribution is 6.30. The third-order valence-electron chi connectivity index (χ3n) is 5.66. The van der Waals surface area contributed by atoms with E-state index in [1.807, 2.05) is 29.0 Å². The largest absolute Gasteiger partial charge is 0.462 e. The highest BCUT2D eigenvalue weighted by atomic mass is 35.5. The Morgan fingerprint density at radius 3 is 2.69 bits per heavy atom. The predicted octanol–water partition coefficient (Wildman–Crippen LogP) is 5.28. The van der Waals surface area contributed by atoms with E-state index in [-0.39, 0.29) is 11.5 Å². The number of rotatable bonds is 9. The molecule has 0 unspecified atom stereocenters. The molecule has 8 heteroatoms. The number of carbonyl (C=O) groups is 1. The van der Waals surface area contributed by atoms with Crippen molar-refractivity contribution in [1.82, 2.24) is 14.0 Å². The van der Waals surface area contributed by atoms with Crippen molar-refractivity contribution in [2.24, 2.45) is 0 Å². The molecule has 0 bridgehead atoms. The molecule has 0 fully saturated rings. The van der Waals surface area contributed by atoms with Crippen LogP contribution in [0.25, 0.3) is 17.0 Å². The average molecular weight is 489 g/mol. The Hall–Kier alpha value is -3.89. The Morgan fingerprint density at radius 2 is 1.94 bits per heavy atom. The lowest BCUT2D eigenvalue weighted by Gasteiger charge is -2.11. The Morgan fingerprint density at radius 1 is 1.14 bits per heavy atom. The van der Waals surface area contributed by atoms with Crippen LogP contribution in [0.2, 0.25) is 5.02 Å². The van der Waals surface area contributed by atoms with E-state index >= 15 is 0 Å². The summed E-state index contributed by atoms with van der Waals surface area (Å²) in [6, 6.07) is 16.6. The first-order valence-electron chi connectivity index (χ1n) is 11.5. The van der Waals surface area contributed by atoms with Crippen molar-refractivity contribution < 1.29 is 9.53 Å². The van der Waals surface area contributed by atoms with Gasteiger partial charge in [-0.2, -0.15) is 5.26 Å². The Labute approximate surface area is 208 Å². The fraction of sp³-hybridized carbons (Fsp3) is 0.259. The number of benzene rings is 2. The van der Waals surface area contributed by atoms with E-state index in [9.17, 15) is 9.59 Å². The minimum absolute atomic E-state index is 0.164. The first-order chi connectivity index (χ1) is 17.0. The second-order valence-corrected chi connectivity index (χ2v) is 8.61. The van der Waals surface area contributed by atoms with Crippen LogP contribution in [-0.4, -0.2) is 26.5 Å². The number of esters is 1. The number of carbonyl (C=O) groups excluding carboxylic acids is 1. The van der Waals surface area contributed by atoms with Gasteiger partial charge in [-0.1, -0.05) is 35.9 Å². The predicted molar refractivity (Wildman–Crippen MR) is 135 cm³/mol. The molecule has 0 radical (unpaired) electrons. The Bertz CT molecular complexity index is 1450. The molecule has 2 heterocycles. The normalized spacial score (nSPS) is 10.9. The molecule has 178 valence electrons. The molecule has 0 saturated carbocycles. The number of imidazole rings is 1. The number of unbranched alkanes of at least 4 members (excludes halogenated alkanes) is 2. The lowest BCUT2D eigenvalue weighted by Crippen LogP contribution is -2.22. The molecule has 0 aliphatic rings. The van der Waals surface area contributed by atoms with Crippen LogP contribution in [0, 0.1) is 11.3 Å². The first kappa shape index (κ1) is 24.2. The van der Waals surface area contributed by atoms with Gasteiger partial charge in [0.1, 0.15) is 0 Å². The number of nitriles is 1. The van der Waals surface area contributed by atoms with Gasteiger partial charge < -0.3 is 9.30 Å². The van der Waals surface area contributed by atoms with Crippen LogP contribution in [0.15, 0.2) is 65.7 Å². The topological polar surface area (TPSA) is 89.4 Å². The Balaban J connectivity index is 1.74. The minimum Gasteiger partial charge on any atom is -0.462 e. The van der Waals surface area contributed by atoms with Crippen molar-refractivity contribution >= 4 is 23.3 Å². The fourth-order valence-electron chi connectivity index (χ4n) is 3.95. The maximum absolute atomic E-state index is 13.4. The lowest BCUT2D eigenvalue weighted by atomic mass is 10.0. The number of aromatic nitrogens is 3. The van der Waals surface area contributed by atoms with Crippen molar-refractivity contribution in [1.29, 1.82) is 5.26 Å². The first-order valence-corrected chi connectivity index (χ1v) is 11.9. The molecular formula is C27H25ClN4O3. The molecule has 4 rings (SSSR count). The number of ether oxygens (including phenoxy) is 1. The van der Waals surface area contributed by atoms with E-state index < -0.39 is 0 Å². The molecule has 2 aromatic heterocycles. The van der Waals surface area contributed by atoms with Gasteiger partial charge in [-0.25, -0.2) is 9.78 Å². The van der Waals surface area contributed by atoms with Crippen LogP contribution < -0.4 is 5.56 Å². The van der Waals surface area contributed by atoms with Gasteiger partial charge in [0.15, 0.2) is 0 Å². The van der Waals surface area contributed by atoms with Gasteiger partial charge in [-0.3, -0.25) is 9.20 Å². The van der Waals surface area contributed by atoms with E-state index in [0.29, 0.717) is 53.6 Å². The summed E-state index contributed by atoms with van der Waals surface area (Å²) in [6.45, 7) is 2.69. The monoisotopic (exact) mass is 488 g/mol. The summed E-state index contributed by atoms with van der Waals surface area (Å²) in [4.78, 5) is 30.3. The number of nitrogens with zero attached hydrogens (tertiary/aromatic N) is 4. The zero-order valence-corrected chi connectivity index (χ0v) is 20.2. The van der Waals surface area contributed by atoms with Gasteiger partial charge in [0.05, 0.1) is 23.9 Å². The van der Waals surface area contributed by atoms with E-state index in [1.165, 1.54) is 0 Å². The standard InChI is InChI=1S/C27H25ClN4O3/c1-2-35-26(34)21-8-6-7-19(15-21)16-22-17-31(14-5-3-4-13-29)27-30-24(18-32(27)25(22)33)20-9-11-23(28)12-10-20/h6-12,15,17-18H,2-5,14,16H2,1H3. The summed E-state index contributed by atoms with van der Waals surface area (Å²) in [7, 11) is 0. The molecule has 7 nitrogen and oxygen atoms in total. The van der Waals surface area contributed by atoms with Crippen LogP contribution in [0.3, 0.4) is 0 Å². The van der Waals surface area contributed by atoms with Crippen molar-refractivity contribution in [3.63, 3.8) is 0 Å². The zero-order chi connectivity index (χ0) is 24.8. The second-order valence-electron chi connectivity index (χ2n) is 8.17. The van der Waals surface area contributed by atoms with Crippen LogP contribution >= 0.6 is 11.6 Å². The van der Waals surface area contributed by atoms with Gasteiger partial charge in [-0.05, 0) is 49.6 Å². The molecule has 0 saturated heterocycles. The molecular weight excluding hydrogens is 464 g/mol. The molecule has 0 aliphatic heterocycles. The highest BCUT2D eigenvalue weighted by Crippen LogP contribution is 2.22. The fourth-order valence-corrected chi connectivity index (χ4v) is 4.08. The van der Waals surface area contributed by atoms with Crippen molar-refractivity contribution in [3.8, 4) is 17.3 Å². The van der Waals surface area contributed by atoms with Gasteiger partial charge in [-0.15, -0.1) is 0 Å². The summed E-state index contributed by atoms with van der Waals surface area (Å²) in [5, 5.41) is 9.49. The minimum atomic E-state index is -0.387. The van der Waals surface area contributed by atoms with E-state index in [2.05, 4.69) is 6.07 Å². The van der Waals surface area contributed by atoms with E-state index in [0.717, 1.165) is 24.0 Å². The molecule has 35 heavy (non-hydrogen) atoms. The van der Waals surface area contributed by atoms with Gasteiger partial charge in [0.25, 0.3) is 5.56 Å². The molecule has 0 spiro atoms. The van der Waals surface area contributed by atoms with Crippen LogP contribution in [0.5, 0.6) is 0 Å². The maximum atomic E-state index is 13.4. The molecule has 0 atom stereocenters. The van der Waals surface area contributed by atoms with Gasteiger partial charge >= 0.3 is 5.97 Å². The molecule has 0 N–H and O–H groups in total. The number of aryl methyl sites for hydroxylation is 1. The summed E-state index contributed by atoms with van der Waals surface area (Å²) in [5.41, 5.74) is 3.24. The van der Waals surface area contributed by atoms with Crippen molar-refractivity contribution in [2.45, 2.75) is 39.2 Å². The van der Waals surface area contributed by atoms with Crippen LogP contribution in [0.4, 0.5) is 0 Å². The highest BCUT2D eigenvalue weighted by Gasteiger charge is 2.15. The zero-order valence-electron chi connectivity index (χ0n) is 19.4. The smallest absolute Gasteiger partial charge is 0.338 e. The number of hydrogen-bond donors (Lipinski definition) is 0. The van der Waals surface area contributed by atoms with Gasteiger partial charge in [0, 0.05) is 47.9 Å². The van der Waals surface area contributed by atoms with E-state index in [4.69, 9.17) is 26.6 Å². The lowest BCUT2D eigenvalue weighted by molar-refractivity contribution is 0.0526. The summed E-state index contributed by atoms with van der Waals surface area (Å²) in [5.74, 6) is 0.155. The number of hydrogen-bond acceptors (Lipinski definition) is 5. The molecule has 0 aliphatic carbocycles. The van der Waals surface area contributed by atoms with E-state index in [1.54, 1.807) is 47.9 Å². The van der Waals surface area contributed by atoms with Crippen LogP contribution in [0.1, 0.15) is 47.7 Å². The summed E-state index contributed by atoms with van der Waals surface area (Å²) in [6.07, 6.45) is 5.96. The van der Waals surface area contributed by atoms with Crippen molar-refractivity contribution in [3.05, 3.63) is 93.0 Å². The van der Waals surface area contributed by atoms with Gasteiger partial charge in [0.2, 0.25) is 5.78 Å². The number of halogens is 1. The maximum Gasteiger partial charge on any atom is 0.338 e. The number of fused-ring (bicyclic) bond motifs is 1. The summed E-state index contributed by atoms with van der Waals surface area (Å²) >= 11 is 6.03. The third-order valence-corrected chi connectivity index (χ3v) is 5.91. The molecule has 4 aromatic rings.